The Labute approximate surface area is 69.3 Å². The molecule has 1 unspecified atom stereocenters. The standard InChI is InChI=1S/C9H19NO/c1-8(6-11-3)9(4-5-9)7-10-2/h8,10H,4-7H2,1-3H3. The number of hydrogen-bond acceptors (Lipinski definition) is 2. The molecule has 2 nitrogen and oxygen atoms in total. The van der Waals surface area contributed by atoms with Gasteiger partial charge in [0.15, 0.2) is 0 Å². The Kier molecular flexibility index (Phi) is 2.90. The second kappa shape index (κ2) is 3.55. The highest BCUT2D eigenvalue weighted by atomic mass is 16.5. The summed E-state index contributed by atoms with van der Waals surface area (Å²) in [6.45, 7) is 4.34. The minimum Gasteiger partial charge on any atom is -0.384 e. The summed E-state index contributed by atoms with van der Waals surface area (Å²) in [6.07, 6.45) is 2.75. The fraction of sp³-hybridized carbons (Fsp3) is 1.00. The van der Waals surface area contributed by atoms with E-state index in [4.69, 9.17) is 4.74 Å². The Bertz CT molecular complexity index is 121. The van der Waals surface area contributed by atoms with E-state index < -0.39 is 0 Å². The summed E-state index contributed by atoms with van der Waals surface area (Å²) in [4.78, 5) is 0. The Balaban J connectivity index is 2.31. The van der Waals surface area contributed by atoms with Gasteiger partial charge in [0.2, 0.25) is 0 Å². The molecule has 1 fully saturated rings. The van der Waals surface area contributed by atoms with E-state index in [1.165, 1.54) is 12.8 Å². The van der Waals surface area contributed by atoms with Crippen molar-refractivity contribution in [1.29, 1.82) is 0 Å². The maximum Gasteiger partial charge on any atom is 0.0493 e. The molecule has 0 aromatic rings. The highest BCUT2D eigenvalue weighted by molar-refractivity contribution is 4.98. The molecule has 1 atom stereocenters. The molecule has 0 aliphatic heterocycles. The van der Waals surface area contributed by atoms with Gasteiger partial charge in [-0.3, -0.25) is 0 Å². The van der Waals surface area contributed by atoms with E-state index in [-0.39, 0.29) is 0 Å². The maximum absolute atomic E-state index is 5.15. The van der Waals surface area contributed by atoms with Gasteiger partial charge < -0.3 is 10.1 Å². The van der Waals surface area contributed by atoms with Gasteiger partial charge in [0, 0.05) is 20.3 Å². The van der Waals surface area contributed by atoms with Crippen molar-refractivity contribution in [3.8, 4) is 0 Å². The minimum absolute atomic E-state index is 0.574. The lowest BCUT2D eigenvalue weighted by Crippen LogP contribution is -2.28. The summed E-state index contributed by atoms with van der Waals surface area (Å²) in [5.74, 6) is 0.708. The van der Waals surface area contributed by atoms with Crippen LogP contribution in [0.3, 0.4) is 0 Å². The molecular formula is C9H19NO. The summed E-state index contributed by atoms with van der Waals surface area (Å²) in [5, 5.41) is 3.25. The van der Waals surface area contributed by atoms with Crippen LogP contribution in [-0.2, 0) is 4.74 Å². The summed E-state index contributed by atoms with van der Waals surface area (Å²) in [6, 6.07) is 0. The van der Waals surface area contributed by atoms with Crippen LogP contribution < -0.4 is 5.32 Å². The highest BCUT2D eigenvalue weighted by Crippen LogP contribution is 2.51. The lowest BCUT2D eigenvalue weighted by Gasteiger charge is -2.21. The van der Waals surface area contributed by atoms with E-state index in [0.717, 1.165) is 13.2 Å². The normalized spacial score (nSPS) is 23.2. The third-order valence-electron chi connectivity index (χ3n) is 2.88. The first kappa shape index (κ1) is 9.01. The molecule has 0 saturated heterocycles. The minimum atomic E-state index is 0.574. The van der Waals surface area contributed by atoms with E-state index in [2.05, 4.69) is 12.2 Å². The van der Waals surface area contributed by atoms with Gasteiger partial charge in [-0.25, -0.2) is 0 Å². The Morgan fingerprint density at radius 3 is 2.55 bits per heavy atom. The Morgan fingerprint density at radius 2 is 2.18 bits per heavy atom. The van der Waals surface area contributed by atoms with Crippen molar-refractivity contribution in [2.45, 2.75) is 19.8 Å². The van der Waals surface area contributed by atoms with Crippen LogP contribution in [0.25, 0.3) is 0 Å². The molecular weight excluding hydrogens is 138 g/mol. The first-order valence-electron chi connectivity index (χ1n) is 4.39. The van der Waals surface area contributed by atoms with Crippen LogP contribution in [-0.4, -0.2) is 27.3 Å². The maximum atomic E-state index is 5.15. The van der Waals surface area contributed by atoms with Gasteiger partial charge in [0.1, 0.15) is 0 Å². The van der Waals surface area contributed by atoms with Crippen LogP contribution in [0.15, 0.2) is 0 Å². The quantitative estimate of drug-likeness (QED) is 0.649. The Morgan fingerprint density at radius 1 is 1.55 bits per heavy atom. The molecule has 66 valence electrons. The van der Waals surface area contributed by atoms with Crippen molar-refractivity contribution in [1.82, 2.24) is 5.32 Å². The monoisotopic (exact) mass is 157 g/mol. The molecule has 1 rings (SSSR count). The third-order valence-corrected chi connectivity index (χ3v) is 2.88. The van der Waals surface area contributed by atoms with E-state index >= 15 is 0 Å². The summed E-state index contributed by atoms with van der Waals surface area (Å²) >= 11 is 0. The summed E-state index contributed by atoms with van der Waals surface area (Å²) in [7, 11) is 3.81. The van der Waals surface area contributed by atoms with Gasteiger partial charge in [-0.1, -0.05) is 6.92 Å². The molecule has 1 saturated carbocycles. The van der Waals surface area contributed by atoms with Crippen molar-refractivity contribution < 1.29 is 4.74 Å². The van der Waals surface area contributed by atoms with Gasteiger partial charge in [-0.2, -0.15) is 0 Å². The molecule has 0 aromatic heterocycles. The first-order chi connectivity index (χ1) is 5.25. The van der Waals surface area contributed by atoms with Crippen molar-refractivity contribution in [3.63, 3.8) is 0 Å². The van der Waals surface area contributed by atoms with E-state index in [0.29, 0.717) is 11.3 Å². The van der Waals surface area contributed by atoms with Crippen molar-refractivity contribution in [2.24, 2.45) is 11.3 Å². The van der Waals surface area contributed by atoms with Crippen LogP contribution >= 0.6 is 0 Å². The average Bonchev–Trinajstić information content (AvgIpc) is 2.71. The van der Waals surface area contributed by atoms with Crippen LogP contribution in [0.5, 0.6) is 0 Å². The molecule has 0 amide bonds. The molecule has 0 spiro atoms. The van der Waals surface area contributed by atoms with Crippen LogP contribution in [0, 0.1) is 11.3 Å². The van der Waals surface area contributed by atoms with Crippen molar-refractivity contribution in [3.05, 3.63) is 0 Å². The molecule has 1 aliphatic carbocycles. The summed E-state index contributed by atoms with van der Waals surface area (Å²) in [5.41, 5.74) is 0.574. The van der Waals surface area contributed by atoms with Crippen LogP contribution in [0.2, 0.25) is 0 Å². The van der Waals surface area contributed by atoms with Crippen molar-refractivity contribution in [2.75, 3.05) is 27.3 Å². The summed E-state index contributed by atoms with van der Waals surface area (Å²) < 4.78 is 5.15. The molecule has 0 bridgehead atoms. The van der Waals surface area contributed by atoms with E-state index in [1.807, 2.05) is 7.05 Å². The van der Waals surface area contributed by atoms with Gasteiger partial charge in [0.25, 0.3) is 0 Å². The van der Waals surface area contributed by atoms with Crippen molar-refractivity contribution >= 4 is 0 Å². The van der Waals surface area contributed by atoms with E-state index in [1.54, 1.807) is 7.11 Å². The van der Waals surface area contributed by atoms with Gasteiger partial charge in [-0.05, 0) is 31.2 Å². The second-order valence-corrected chi connectivity index (χ2v) is 3.75. The zero-order valence-electron chi connectivity index (χ0n) is 7.81. The van der Waals surface area contributed by atoms with Gasteiger partial charge >= 0.3 is 0 Å². The van der Waals surface area contributed by atoms with E-state index in [9.17, 15) is 0 Å². The third kappa shape index (κ3) is 1.94. The van der Waals surface area contributed by atoms with Gasteiger partial charge in [-0.15, -0.1) is 0 Å². The smallest absolute Gasteiger partial charge is 0.0493 e. The number of rotatable bonds is 5. The molecule has 0 heterocycles. The van der Waals surface area contributed by atoms with Crippen LogP contribution in [0.4, 0.5) is 0 Å². The lowest BCUT2D eigenvalue weighted by atomic mass is 9.91. The number of ether oxygens (including phenoxy) is 1. The first-order valence-corrected chi connectivity index (χ1v) is 4.39. The predicted molar refractivity (Wildman–Crippen MR) is 46.6 cm³/mol. The highest BCUT2D eigenvalue weighted by Gasteiger charge is 2.46. The molecule has 0 radical (unpaired) electrons. The zero-order chi connectivity index (χ0) is 8.32. The number of hydrogen-bond donors (Lipinski definition) is 1. The average molecular weight is 157 g/mol. The number of nitrogens with one attached hydrogen (secondary N) is 1. The predicted octanol–water partition coefficient (Wildman–Crippen LogP) is 1.27. The Hall–Kier alpha value is -0.0800. The van der Waals surface area contributed by atoms with Gasteiger partial charge in [0.05, 0.1) is 0 Å². The fourth-order valence-corrected chi connectivity index (χ4v) is 1.78. The zero-order valence-corrected chi connectivity index (χ0v) is 7.81. The molecule has 1 N–H and O–H groups in total. The molecule has 0 aromatic carbocycles. The molecule has 11 heavy (non-hydrogen) atoms. The topological polar surface area (TPSA) is 21.3 Å². The molecule has 1 aliphatic rings. The SMILES string of the molecule is CNCC1(C(C)COC)CC1. The second-order valence-electron chi connectivity index (χ2n) is 3.75. The van der Waals surface area contributed by atoms with Crippen LogP contribution in [0.1, 0.15) is 19.8 Å². The lowest BCUT2D eigenvalue weighted by molar-refractivity contribution is 0.121. The number of methoxy groups -OCH3 is 1. The molecule has 2 heteroatoms. The largest absolute Gasteiger partial charge is 0.384 e. The fourth-order valence-electron chi connectivity index (χ4n) is 1.78.